The molecule has 0 bridgehead atoms. The van der Waals surface area contributed by atoms with Crippen molar-refractivity contribution in [3.63, 3.8) is 0 Å². The fraction of sp³-hybridized carbons (Fsp3) is 0.818. The number of sulfone groups is 1. The van der Waals surface area contributed by atoms with Crippen LogP contribution in [0.1, 0.15) is 138 Å². The topological polar surface area (TPSA) is 34.1 Å². The van der Waals surface area contributed by atoms with Crippen molar-refractivity contribution in [2.45, 2.75) is 149 Å². The van der Waals surface area contributed by atoms with Crippen LogP contribution in [0.5, 0.6) is 0 Å². The van der Waals surface area contributed by atoms with Gasteiger partial charge in [-0.25, -0.2) is 8.42 Å². The first-order valence-corrected chi connectivity index (χ1v) is 16.9. The number of hydrogen-bond acceptors (Lipinski definition) is 2. The van der Waals surface area contributed by atoms with Crippen molar-refractivity contribution in [1.82, 2.24) is 0 Å². The number of benzene rings is 1. The van der Waals surface area contributed by atoms with E-state index < -0.39 is 9.84 Å². The van der Waals surface area contributed by atoms with Crippen LogP contribution in [-0.2, 0) is 9.84 Å². The molecule has 1 aromatic rings. The fourth-order valence-corrected chi connectivity index (χ4v) is 8.35. The molecule has 210 valence electrons. The molecule has 0 aliphatic rings. The second-order valence-corrected chi connectivity index (χ2v) is 14.7. The van der Waals surface area contributed by atoms with Crippen LogP contribution < -0.4 is 0 Å². The van der Waals surface area contributed by atoms with Crippen LogP contribution in [0, 0.1) is 29.6 Å². The highest BCUT2D eigenvalue weighted by Gasteiger charge is 2.29. The van der Waals surface area contributed by atoms with E-state index >= 15 is 0 Å². The second-order valence-electron chi connectivity index (χ2n) is 12.5. The maximum absolute atomic E-state index is 13.6. The quantitative estimate of drug-likeness (QED) is 0.151. The van der Waals surface area contributed by atoms with Gasteiger partial charge in [-0.2, -0.15) is 0 Å². The van der Waals surface area contributed by atoms with Crippen molar-refractivity contribution in [2.24, 2.45) is 29.6 Å². The van der Waals surface area contributed by atoms with Crippen LogP contribution in [0.3, 0.4) is 0 Å². The van der Waals surface area contributed by atoms with Gasteiger partial charge in [-0.1, -0.05) is 124 Å². The Morgan fingerprint density at radius 2 is 1.11 bits per heavy atom. The maximum atomic E-state index is 13.6. The molecule has 0 N–H and O–H groups in total. The molecule has 6 atom stereocenters. The van der Waals surface area contributed by atoms with Gasteiger partial charge in [0.05, 0.1) is 10.1 Å². The van der Waals surface area contributed by atoms with Gasteiger partial charge in [0.1, 0.15) is 0 Å². The third kappa shape index (κ3) is 13.6. The Balaban J connectivity index is 2.71. The Morgan fingerprint density at radius 1 is 0.556 bits per heavy atom. The molecule has 0 heterocycles. The summed E-state index contributed by atoms with van der Waals surface area (Å²) in [7, 11) is -3.30. The summed E-state index contributed by atoms with van der Waals surface area (Å²) in [5.41, 5.74) is 0. The van der Waals surface area contributed by atoms with Gasteiger partial charge in [0.15, 0.2) is 9.84 Å². The molecule has 0 saturated carbocycles. The molecule has 0 aromatic heterocycles. The first-order chi connectivity index (χ1) is 17.1. The third-order valence-electron chi connectivity index (χ3n) is 8.15. The van der Waals surface area contributed by atoms with E-state index in [1.165, 1.54) is 57.8 Å². The van der Waals surface area contributed by atoms with Gasteiger partial charge in [0, 0.05) is 0 Å². The lowest BCUT2D eigenvalue weighted by atomic mass is 9.83. The molecule has 1 unspecified atom stereocenters. The largest absolute Gasteiger partial charge is 0.223 e. The standard InChI is InChI=1S/C33H60O2S/c1-8-10-11-13-18-27(3)19-16-22-33(36(34,35)32-20-14-12-15-21-32)26-31(7)25-30(6)24-29(5)23-28(4)17-9-2/h12,14-15,20-21,27-31,33H,8-11,13,16-19,22-26H2,1-7H3/t27-,28-,29+,30-,31+,33?/m0/s1. The summed E-state index contributed by atoms with van der Waals surface area (Å²) < 4.78 is 27.3. The lowest BCUT2D eigenvalue weighted by molar-refractivity contribution is 0.293. The lowest BCUT2D eigenvalue weighted by Gasteiger charge is -2.26. The maximum Gasteiger partial charge on any atom is 0.181 e. The highest BCUT2D eigenvalue weighted by atomic mass is 32.2. The fourth-order valence-electron chi connectivity index (χ4n) is 6.37. The minimum Gasteiger partial charge on any atom is -0.223 e. The summed E-state index contributed by atoms with van der Waals surface area (Å²) in [6.45, 7) is 16.3. The third-order valence-corrected chi connectivity index (χ3v) is 10.4. The van der Waals surface area contributed by atoms with Crippen molar-refractivity contribution in [3.8, 4) is 0 Å². The Kier molecular flexibility index (Phi) is 17.0. The lowest BCUT2D eigenvalue weighted by Crippen LogP contribution is -2.25. The van der Waals surface area contributed by atoms with Gasteiger partial charge in [-0.05, 0) is 73.8 Å². The summed E-state index contributed by atoms with van der Waals surface area (Å²) in [6.07, 6.45) is 16.6. The van der Waals surface area contributed by atoms with Crippen molar-refractivity contribution in [2.75, 3.05) is 0 Å². The highest BCUT2D eigenvalue weighted by Crippen LogP contribution is 2.31. The first kappa shape index (κ1) is 33.2. The molecule has 2 nitrogen and oxygen atoms in total. The normalized spacial score (nSPS) is 17.3. The van der Waals surface area contributed by atoms with Gasteiger partial charge in [-0.15, -0.1) is 0 Å². The molecule has 0 spiro atoms. The Labute approximate surface area is 226 Å². The average molecular weight is 521 g/mol. The van der Waals surface area contributed by atoms with Gasteiger partial charge >= 0.3 is 0 Å². The minimum atomic E-state index is -3.30. The molecule has 0 fully saturated rings. The zero-order valence-electron chi connectivity index (χ0n) is 25.0. The van der Waals surface area contributed by atoms with Gasteiger partial charge in [0.25, 0.3) is 0 Å². The van der Waals surface area contributed by atoms with E-state index in [0.29, 0.717) is 22.6 Å². The summed E-state index contributed by atoms with van der Waals surface area (Å²) >= 11 is 0. The van der Waals surface area contributed by atoms with Crippen LogP contribution in [0.15, 0.2) is 35.2 Å². The van der Waals surface area contributed by atoms with E-state index in [1.807, 2.05) is 18.2 Å². The van der Waals surface area contributed by atoms with Crippen LogP contribution in [0.4, 0.5) is 0 Å². The first-order valence-electron chi connectivity index (χ1n) is 15.4. The van der Waals surface area contributed by atoms with Crippen molar-refractivity contribution < 1.29 is 8.42 Å². The molecule has 1 rings (SSSR count). The molecule has 0 aliphatic carbocycles. The Morgan fingerprint density at radius 3 is 1.69 bits per heavy atom. The van der Waals surface area contributed by atoms with Crippen LogP contribution in [0.25, 0.3) is 0 Å². The predicted octanol–water partition coefficient (Wildman–Crippen LogP) is 10.5. The molecule has 0 aliphatic heterocycles. The molecule has 3 heteroatoms. The van der Waals surface area contributed by atoms with Crippen LogP contribution >= 0.6 is 0 Å². The summed E-state index contributed by atoms with van der Waals surface area (Å²) in [5, 5.41) is -0.267. The number of rotatable bonds is 21. The van der Waals surface area contributed by atoms with Gasteiger partial charge < -0.3 is 0 Å². The van der Waals surface area contributed by atoms with Gasteiger partial charge in [-0.3, -0.25) is 0 Å². The molecular formula is C33H60O2S. The van der Waals surface area contributed by atoms with Crippen LogP contribution in [0.2, 0.25) is 0 Å². The van der Waals surface area contributed by atoms with E-state index in [0.717, 1.165) is 43.9 Å². The highest BCUT2D eigenvalue weighted by molar-refractivity contribution is 7.92. The molecule has 0 saturated heterocycles. The zero-order valence-corrected chi connectivity index (χ0v) is 25.8. The molecule has 1 aromatic carbocycles. The van der Waals surface area contributed by atoms with E-state index in [2.05, 4.69) is 48.5 Å². The molecule has 0 radical (unpaired) electrons. The zero-order chi connectivity index (χ0) is 27.0. The van der Waals surface area contributed by atoms with Crippen molar-refractivity contribution in [1.29, 1.82) is 0 Å². The van der Waals surface area contributed by atoms with Crippen molar-refractivity contribution in [3.05, 3.63) is 30.3 Å². The molecular weight excluding hydrogens is 460 g/mol. The monoisotopic (exact) mass is 520 g/mol. The second kappa shape index (κ2) is 18.4. The summed E-state index contributed by atoms with van der Waals surface area (Å²) in [4.78, 5) is 0.501. The SMILES string of the molecule is CCCCCC[C@H](C)CCCC(C[C@H](C)C[C@@H](C)C[C@H](C)C[C@@H](C)CCC)S(=O)(=O)c1ccccc1. The van der Waals surface area contributed by atoms with Crippen LogP contribution in [-0.4, -0.2) is 13.7 Å². The predicted molar refractivity (Wildman–Crippen MR) is 159 cm³/mol. The number of unbranched alkanes of at least 4 members (excludes halogenated alkanes) is 3. The van der Waals surface area contributed by atoms with E-state index in [9.17, 15) is 8.42 Å². The van der Waals surface area contributed by atoms with E-state index in [1.54, 1.807) is 12.1 Å². The minimum absolute atomic E-state index is 0.267. The smallest absolute Gasteiger partial charge is 0.181 e. The molecule has 36 heavy (non-hydrogen) atoms. The summed E-state index contributed by atoms with van der Waals surface area (Å²) in [6, 6.07) is 9.18. The molecule has 0 amide bonds. The summed E-state index contributed by atoms with van der Waals surface area (Å²) in [5.74, 6) is 3.32. The van der Waals surface area contributed by atoms with Crippen molar-refractivity contribution >= 4 is 9.84 Å². The van der Waals surface area contributed by atoms with E-state index in [-0.39, 0.29) is 5.25 Å². The Hall–Kier alpha value is -0.830. The number of hydrogen-bond donors (Lipinski definition) is 0. The van der Waals surface area contributed by atoms with Gasteiger partial charge in [0.2, 0.25) is 0 Å². The Bertz CT molecular complexity index is 757. The van der Waals surface area contributed by atoms with E-state index in [4.69, 9.17) is 0 Å². The average Bonchev–Trinajstić information content (AvgIpc) is 2.81.